The fourth-order valence-corrected chi connectivity index (χ4v) is 2.93. The van der Waals surface area contributed by atoms with Crippen molar-refractivity contribution in [1.82, 2.24) is 10.1 Å². The second-order valence-electron chi connectivity index (χ2n) is 5.50. The highest BCUT2D eigenvalue weighted by Crippen LogP contribution is 2.23. The zero-order chi connectivity index (χ0) is 13.9. The number of hydrogen-bond donors (Lipinski definition) is 0. The van der Waals surface area contributed by atoms with Gasteiger partial charge in [-0.2, -0.15) is 0 Å². The lowest BCUT2D eigenvalue weighted by atomic mass is 9.96. The Morgan fingerprint density at radius 1 is 1.33 bits per heavy atom. The van der Waals surface area contributed by atoms with Crippen LogP contribution in [0.5, 0.6) is 0 Å². The number of halogens is 1. The van der Waals surface area contributed by atoms with Crippen molar-refractivity contribution in [3.8, 4) is 0 Å². The monoisotopic (exact) mass is 308 g/mol. The van der Waals surface area contributed by atoms with E-state index in [4.69, 9.17) is 4.52 Å². The van der Waals surface area contributed by atoms with E-state index in [0.717, 1.165) is 31.4 Å². The van der Waals surface area contributed by atoms with E-state index < -0.39 is 0 Å². The van der Waals surface area contributed by atoms with E-state index in [1.165, 1.54) is 12.8 Å². The zero-order valence-corrected chi connectivity index (χ0v) is 13.1. The summed E-state index contributed by atoms with van der Waals surface area (Å²) in [6.45, 7) is 5.14. The molecule has 1 aliphatic rings. The number of rotatable bonds is 5. The maximum Gasteiger partial charge on any atom is 0.189 e. The highest BCUT2D eigenvalue weighted by Gasteiger charge is 2.26. The van der Waals surface area contributed by atoms with Gasteiger partial charge in [0.05, 0.1) is 5.39 Å². The van der Waals surface area contributed by atoms with Crippen LogP contribution in [0.3, 0.4) is 0 Å². The summed E-state index contributed by atoms with van der Waals surface area (Å²) in [5.41, 5.74) is 1.18. The average Bonchev–Trinajstić information content (AvgIpc) is 3.13. The van der Waals surface area contributed by atoms with Gasteiger partial charge in [-0.3, -0.25) is 4.79 Å². The highest BCUT2D eigenvalue weighted by atomic mass is 35.5. The molecule has 3 rings (SSSR count). The Morgan fingerprint density at radius 2 is 2.05 bits per heavy atom. The predicted molar refractivity (Wildman–Crippen MR) is 85.0 cm³/mol. The molecule has 0 amide bonds. The van der Waals surface area contributed by atoms with Gasteiger partial charge in [0.15, 0.2) is 17.1 Å². The Balaban J connectivity index is 0.00000161. The van der Waals surface area contributed by atoms with Gasteiger partial charge in [-0.05, 0) is 44.5 Å². The molecule has 1 unspecified atom stereocenters. The van der Waals surface area contributed by atoms with Crippen molar-refractivity contribution in [2.45, 2.75) is 26.2 Å². The molecule has 1 aromatic carbocycles. The van der Waals surface area contributed by atoms with Crippen molar-refractivity contribution in [2.24, 2.45) is 5.92 Å². The quantitative estimate of drug-likeness (QED) is 0.792. The molecule has 1 aliphatic heterocycles. The number of benzene rings is 1. The molecule has 0 spiro atoms. The lowest BCUT2D eigenvalue weighted by molar-refractivity contribution is 0.0878. The third kappa shape index (κ3) is 3.27. The van der Waals surface area contributed by atoms with E-state index in [0.29, 0.717) is 11.3 Å². The number of nitrogens with zero attached hydrogens (tertiary/aromatic N) is 2. The van der Waals surface area contributed by atoms with Crippen LogP contribution >= 0.6 is 12.4 Å². The normalized spacial score (nSPS) is 16.8. The summed E-state index contributed by atoms with van der Waals surface area (Å²) in [4.78, 5) is 15.1. The fraction of sp³-hybridized carbons (Fsp3) is 0.500. The largest absolute Gasteiger partial charge is 0.356 e. The first-order valence-corrected chi connectivity index (χ1v) is 7.40. The molecule has 1 fully saturated rings. The number of para-hydroxylation sites is 1. The molecule has 4 nitrogen and oxygen atoms in total. The number of hydrogen-bond acceptors (Lipinski definition) is 4. The molecule has 0 N–H and O–H groups in total. The number of carbonyl (C=O) groups excluding carboxylic acids is 1. The zero-order valence-electron chi connectivity index (χ0n) is 12.2. The molecule has 0 aliphatic carbocycles. The van der Waals surface area contributed by atoms with Gasteiger partial charge in [-0.15, -0.1) is 12.4 Å². The van der Waals surface area contributed by atoms with E-state index in [9.17, 15) is 4.79 Å². The van der Waals surface area contributed by atoms with Gasteiger partial charge in [-0.1, -0.05) is 24.2 Å². The molecule has 5 heteroatoms. The van der Waals surface area contributed by atoms with Crippen molar-refractivity contribution in [2.75, 3.05) is 19.6 Å². The van der Waals surface area contributed by atoms with Crippen LogP contribution < -0.4 is 0 Å². The van der Waals surface area contributed by atoms with Gasteiger partial charge >= 0.3 is 0 Å². The van der Waals surface area contributed by atoms with Crippen LogP contribution in [0.25, 0.3) is 11.0 Å². The van der Waals surface area contributed by atoms with Gasteiger partial charge in [0.2, 0.25) is 0 Å². The maximum absolute atomic E-state index is 12.7. The SMILES string of the molecule is CCC(CN1CCCC1)C(=O)c1noc2ccccc12.Cl. The molecule has 0 radical (unpaired) electrons. The molecule has 2 heterocycles. The summed E-state index contributed by atoms with van der Waals surface area (Å²) in [5, 5.41) is 4.83. The van der Waals surface area contributed by atoms with Crippen LogP contribution in [0, 0.1) is 5.92 Å². The van der Waals surface area contributed by atoms with Crippen LogP contribution in [0.2, 0.25) is 0 Å². The van der Waals surface area contributed by atoms with Crippen molar-refractivity contribution >= 4 is 29.2 Å². The number of fused-ring (bicyclic) bond motifs is 1. The van der Waals surface area contributed by atoms with E-state index in [2.05, 4.69) is 17.0 Å². The van der Waals surface area contributed by atoms with E-state index >= 15 is 0 Å². The van der Waals surface area contributed by atoms with Gasteiger partial charge in [0.1, 0.15) is 0 Å². The first-order valence-electron chi connectivity index (χ1n) is 7.40. The van der Waals surface area contributed by atoms with Crippen molar-refractivity contribution in [1.29, 1.82) is 0 Å². The second-order valence-corrected chi connectivity index (χ2v) is 5.50. The summed E-state index contributed by atoms with van der Waals surface area (Å²) in [7, 11) is 0. The van der Waals surface area contributed by atoms with Crippen LogP contribution in [0.4, 0.5) is 0 Å². The van der Waals surface area contributed by atoms with E-state index in [1.54, 1.807) is 0 Å². The lowest BCUT2D eigenvalue weighted by Gasteiger charge is -2.20. The molecule has 1 atom stereocenters. The summed E-state index contributed by atoms with van der Waals surface area (Å²) in [6.07, 6.45) is 3.34. The van der Waals surface area contributed by atoms with Crippen molar-refractivity contribution in [3.05, 3.63) is 30.0 Å². The smallest absolute Gasteiger partial charge is 0.189 e. The van der Waals surface area contributed by atoms with E-state index in [1.807, 2.05) is 24.3 Å². The molecule has 0 saturated carbocycles. The minimum atomic E-state index is 0. The molecular weight excluding hydrogens is 288 g/mol. The Labute approximate surface area is 130 Å². The number of aromatic nitrogens is 1. The summed E-state index contributed by atoms with van der Waals surface area (Å²) in [6, 6.07) is 7.56. The fourth-order valence-electron chi connectivity index (χ4n) is 2.93. The Kier molecular flexibility index (Phi) is 5.37. The first-order chi connectivity index (χ1) is 9.79. The molecule has 114 valence electrons. The van der Waals surface area contributed by atoms with Crippen molar-refractivity contribution in [3.63, 3.8) is 0 Å². The molecule has 1 saturated heterocycles. The third-order valence-electron chi connectivity index (χ3n) is 4.15. The molecule has 21 heavy (non-hydrogen) atoms. The van der Waals surface area contributed by atoms with Gasteiger partial charge in [-0.25, -0.2) is 0 Å². The summed E-state index contributed by atoms with van der Waals surface area (Å²) < 4.78 is 5.25. The molecule has 0 bridgehead atoms. The Hall–Kier alpha value is -1.39. The van der Waals surface area contributed by atoms with Gasteiger partial charge < -0.3 is 9.42 Å². The van der Waals surface area contributed by atoms with Crippen molar-refractivity contribution < 1.29 is 9.32 Å². The van der Waals surface area contributed by atoms with Crippen LogP contribution in [0.15, 0.2) is 28.8 Å². The Morgan fingerprint density at radius 3 is 2.76 bits per heavy atom. The number of likely N-dealkylation sites (tertiary alicyclic amines) is 1. The third-order valence-corrected chi connectivity index (χ3v) is 4.15. The first kappa shape index (κ1) is 16.0. The topological polar surface area (TPSA) is 46.3 Å². The standard InChI is InChI=1S/C16H20N2O2.ClH/c1-2-12(11-18-9-5-6-10-18)16(19)15-13-7-3-4-8-14(13)20-17-15;/h3-4,7-8,12H,2,5-6,9-11H2,1H3;1H. The van der Waals surface area contributed by atoms with Gasteiger partial charge in [0, 0.05) is 12.5 Å². The van der Waals surface area contributed by atoms with Crippen LogP contribution in [0.1, 0.15) is 36.7 Å². The number of ketones is 1. The Bertz CT molecular complexity index is 605. The average molecular weight is 309 g/mol. The molecular formula is C16H21ClN2O2. The van der Waals surface area contributed by atoms with Crippen LogP contribution in [-0.4, -0.2) is 35.5 Å². The number of Topliss-reactive ketones (excluding diaryl/α,β-unsaturated/α-hetero) is 1. The van der Waals surface area contributed by atoms with Crippen LogP contribution in [-0.2, 0) is 0 Å². The molecule has 2 aromatic rings. The molecule has 1 aromatic heterocycles. The number of carbonyl (C=O) groups is 1. The predicted octanol–water partition coefficient (Wildman–Crippen LogP) is 3.55. The minimum Gasteiger partial charge on any atom is -0.356 e. The lowest BCUT2D eigenvalue weighted by Crippen LogP contribution is -2.31. The minimum absolute atomic E-state index is 0. The van der Waals surface area contributed by atoms with E-state index in [-0.39, 0.29) is 24.1 Å². The highest BCUT2D eigenvalue weighted by molar-refractivity contribution is 6.06. The van der Waals surface area contributed by atoms with Gasteiger partial charge in [0.25, 0.3) is 0 Å². The summed E-state index contributed by atoms with van der Waals surface area (Å²) >= 11 is 0. The summed E-state index contributed by atoms with van der Waals surface area (Å²) in [5.74, 6) is 0.131. The second kappa shape index (κ2) is 7.05. The maximum atomic E-state index is 12.7.